The molecule has 0 aliphatic carbocycles. The van der Waals surface area contributed by atoms with Crippen molar-refractivity contribution in [3.63, 3.8) is 0 Å². The highest BCUT2D eigenvalue weighted by atomic mass is 19.1. The van der Waals surface area contributed by atoms with E-state index in [4.69, 9.17) is 5.73 Å². The van der Waals surface area contributed by atoms with Gasteiger partial charge in [-0.05, 0) is 54.8 Å². The Kier molecular flexibility index (Phi) is 2.93. The summed E-state index contributed by atoms with van der Waals surface area (Å²) >= 11 is 0. The van der Waals surface area contributed by atoms with Gasteiger partial charge in [0, 0.05) is 17.9 Å². The maximum atomic E-state index is 13.9. The van der Waals surface area contributed by atoms with Crippen molar-refractivity contribution < 1.29 is 9.18 Å². The van der Waals surface area contributed by atoms with E-state index in [2.05, 4.69) is 0 Å². The van der Waals surface area contributed by atoms with Crippen LogP contribution in [0, 0.1) is 12.7 Å². The Morgan fingerprint density at radius 1 is 1.25 bits per heavy atom. The van der Waals surface area contributed by atoms with Crippen molar-refractivity contribution in [1.29, 1.82) is 0 Å². The van der Waals surface area contributed by atoms with Crippen molar-refractivity contribution >= 4 is 17.3 Å². The number of aryl methyl sites for hydroxylation is 1. The smallest absolute Gasteiger partial charge is 0.261 e. The number of nitrogens with two attached hydrogens (primary N) is 1. The van der Waals surface area contributed by atoms with Crippen molar-refractivity contribution in [2.75, 3.05) is 17.2 Å². The van der Waals surface area contributed by atoms with Crippen molar-refractivity contribution in [2.45, 2.75) is 13.3 Å². The quantitative estimate of drug-likeness (QED) is 0.810. The van der Waals surface area contributed by atoms with Crippen LogP contribution in [0.25, 0.3) is 0 Å². The normalized spacial score (nSPS) is 13.4. The van der Waals surface area contributed by atoms with Crippen LogP contribution in [0.5, 0.6) is 0 Å². The van der Waals surface area contributed by atoms with Gasteiger partial charge in [-0.1, -0.05) is 6.07 Å². The second-order valence-electron chi connectivity index (χ2n) is 5.08. The molecule has 1 heterocycles. The molecule has 0 aromatic heterocycles. The Labute approximate surface area is 116 Å². The lowest BCUT2D eigenvalue weighted by Crippen LogP contribution is -2.29. The van der Waals surface area contributed by atoms with Crippen LogP contribution < -0.4 is 10.6 Å². The highest BCUT2D eigenvalue weighted by Crippen LogP contribution is 2.31. The molecule has 1 aliphatic heterocycles. The summed E-state index contributed by atoms with van der Waals surface area (Å²) in [5.41, 5.74) is 9.19. The first-order chi connectivity index (χ1) is 9.56. The molecule has 2 aromatic carbocycles. The minimum absolute atomic E-state index is 0.111. The van der Waals surface area contributed by atoms with Gasteiger partial charge in [-0.2, -0.15) is 0 Å². The molecule has 3 nitrogen and oxygen atoms in total. The number of fused-ring (bicyclic) bond motifs is 1. The average Bonchev–Trinajstić information content (AvgIpc) is 2.80. The monoisotopic (exact) mass is 270 g/mol. The first-order valence-corrected chi connectivity index (χ1v) is 6.52. The Morgan fingerprint density at radius 3 is 2.80 bits per heavy atom. The topological polar surface area (TPSA) is 46.3 Å². The molecule has 0 radical (unpaired) electrons. The average molecular weight is 270 g/mol. The third-order valence-electron chi connectivity index (χ3n) is 3.60. The van der Waals surface area contributed by atoms with Crippen molar-refractivity contribution in [2.24, 2.45) is 0 Å². The Balaban J connectivity index is 1.97. The highest BCUT2D eigenvalue weighted by molar-refractivity contribution is 6.07. The fraction of sp³-hybridized carbons (Fsp3) is 0.188. The van der Waals surface area contributed by atoms with E-state index in [1.54, 1.807) is 30.0 Å². The van der Waals surface area contributed by atoms with Gasteiger partial charge in [0.1, 0.15) is 5.82 Å². The highest BCUT2D eigenvalue weighted by Gasteiger charge is 2.27. The molecule has 0 spiro atoms. The summed E-state index contributed by atoms with van der Waals surface area (Å²) in [5.74, 6) is -0.773. The summed E-state index contributed by atoms with van der Waals surface area (Å²) in [5, 5.41) is 0. The summed E-state index contributed by atoms with van der Waals surface area (Å²) in [6.07, 6.45) is 0.750. The zero-order valence-electron chi connectivity index (χ0n) is 11.2. The van der Waals surface area contributed by atoms with Crippen LogP contribution in [0.4, 0.5) is 15.8 Å². The molecule has 4 heteroatoms. The molecular weight excluding hydrogens is 255 g/mol. The van der Waals surface area contributed by atoms with Crippen LogP contribution in [0.15, 0.2) is 36.4 Å². The van der Waals surface area contributed by atoms with E-state index >= 15 is 0 Å². The molecule has 2 N–H and O–H groups in total. The van der Waals surface area contributed by atoms with E-state index in [9.17, 15) is 9.18 Å². The third kappa shape index (κ3) is 2.03. The molecule has 0 saturated carbocycles. The van der Waals surface area contributed by atoms with Crippen LogP contribution in [-0.2, 0) is 6.42 Å². The van der Waals surface area contributed by atoms with Gasteiger partial charge in [0.05, 0.1) is 5.56 Å². The SMILES string of the molecule is Cc1ccc(C(=O)N2CCc3cc(N)ccc32)c(F)c1. The number of hydrogen-bond acceptors (Lipinski definition) is 2. The number of benzene rings is 2. The zero-order chi connectivity index (χ0) is 14.3. The minimum Gasteiger partial charge on any atom is -0.399 e. The first kappa shape index (κ1) is 12.7. The number of carbonyl (C=O) groups is 1. The zero-order valence-corrected chi connectivity index (χ0v) is 11.2. The van der Waals surface area contributed by atoms with Gasteiger partial charge in [-0.15, -0.1) is 0 Å². The molecule has 0 saturated heterocycles. The lowest BCUT2D eigenvalue weighted by atomic mass is 10.1. The van der Waals surface area contributed by atoms with E-state index in [-0.39, 0.29) is 11.5 Å². The van der Waals surface area contributed by atoms with Crippen LogP contribution >= 0.6 is 0 Å². The Morgan fingerprint density at radius 2 is 2.05 bits per heavy atom. The van der Waals surface area contributed by atoms with E-state index in [1.807, 2.05) is 12.1 Å². The van der Waals surface area contributed by atoms with Gasteiger partial charge in [0.15, 0.2) is 0 Å². The fourth-order valence-electron chi connectivity index (χ4n) is 2.57. The molecule has 1 aliphatic rings. The second kappa shape index (κ2) is 4.63. The maximum absolute atomic E-state index is 13.9. The number of anilines is 2. The van der Waals surface area contributed by atoms with E-state index in [0.717, 1.165) is 23.2 Å². The molecule has 0 atom stereocenters. The Hall–Kier alpha value is -2.36. The van der Waals surface area contributed by atoms with Crippen LogP contribution in [0.2, 0.25) is 0 Å². The maximum Gasteiger partial charge on any atom is 0.261 e. The van der Waals surface area contributed by atoms with Gasteiger partial charge in [0.2, 0.25) is 0 Å². The van der Waals surface area contributed by atoms with Crippen molar-refractivity contribution in [3.8, 4) is 0 Å². The number of amides is 1. The van der Waals surface area contributed by atoms with Crippen LogP contribution in [-0.4, -0.2) is 12.5 Å². The van der Waals surface area contributed by atoms with Gasteiger partial charge in [-0.3, -0.25) is 4.79 Å². The molecule has 0 bridgehead atoms. The molecule has 0 unspecified atom stereocenters. The lowest BCUT2D eigenvalue weighted by molar-refractivity contribution is 0.0985. The van der Waals surface area contributed by atoms with E-state index in [0.29, 0.717) is 12.2 Å². The number of carbonyl (C=O) groups excluding carboxylic acids is 1. The number of rotatable bonds is 1. The summed E-state index contributed by atoms with van der Waals surface area (Å²) in [4.78, 5) is 14.1. The predicted molar refractivity (Wildman–Crippen MR) is 77.4 cm³/mol. The van der Waals surface area contributed by atoms with Crippen LogP contribution in [0.1, 0.15) is 21.5 Å². The summed E-state index contributed by atoms with van der Waals surface area (Å²) in [6, 6.07) is 10.1. The lowest BCUT2D eigenvalue weighted by Gasteiger charge is -2.18. The van der Waals surface area contributed by atoms with E-state index in [1.165, 1.54) is 6.07 Å². The van der Waals surface area contributed by atoms with Crippen molar-refractivity contribution in [1.82, 2.24) is 0 Å². The van der Waals surface area contributed by atoms with Gasteiger partial charge in [-0.25, -0.2) is 4.39 Å². The summed E-state index contributed by atoms with van der Waals surface area (Å²) in [7, 11) is 0. The molecule has 1 amide bonds. The number of nitrogen functional groups attached to an aromatic ring is 1. The number of hydrogen-bond donors (Lipinski definition) is 1. The minimum atomic E-state index is -0.473. The first-order valence-electron chi connectivity index (χ1n) is 6.52. The summed E-state index contributed by atoms with van der Waals surface area (Å²) in [6.45, 7) is 2.36. The molecule has 3 rings (SSSR count). The fourth-order valence-corrected chi connectivity index (χ4v) is 2.57. The number of nitrogens with zero attached hydrogens (tertiary/aromatic N) is 1. The molecule has 102 valence electrons. The molecular formula is C16H15FN2O. The van der Waals surface area contributed by atoms with E-state index < -0.39 is 5.82 Å². The van der Waals surface area contributed by atoms with Gasteiger partial charge in [0.25, 0.3) is 5.91 Å². The Bertz CT molecular complexity index is 697. The van der Waals surface area contributed by atoms with Crippen molar-refractivity contribution in [3.05, 3.63) is 58.9 Å². The van der Waals surface area contributed by atoms with Gasteiger partial charge < -0.3 is 10.6 Å². The van der Waals surface area contributed by atoms with Crippen LogP contribution in [0.3, 0.4) is 0 Å². The summed E-state index contributed by atoms with van der Waals surface area (Å²) < 4.78 is 13.9. The standard InChI is InChI=1S/C16H15FN2O/c1-10-2-4-13(14(17)8-10)16(20)19-7-6-11-9-12(18)3-5-15(11)19/h2-5,8-9H,6-7,18H2,1H3. The third-order valence-corrected chi connectivity index (χ3v) is 3.60. The molecule has 20 heavy (non-hydrogen) atoms. The number of halogens is 1. The van der Waals surface area contributed by atoms with Gasteiger partial charge >= 0.3 is 0 Å². The largest absolute Gasteiger partial charge is 0.399 e. The second-order valence-corrected chi connectivity index (χ2v) is 5.08. The molecule has 2 aromatic rings. The molecule has 0 fully saturated rings. The predicted octanol–water partition coefficient (Wildman–Crippen LogP) is 2.92.